The molecule has 1 aliphatic rings. The van der Waals surface area contributed by atoms with Gasteiger partial charge in [0.2, 0.25) is 0 Å². The van der Waals surface area contributed by atoms with Gasteiger partial charge in [-0.05, 0) is 66.6 Å². The number of aliphatic imine (C=N–C) groups is 1. The van der Waals surface area contributed by atoms with Gasteiger partial charge in [0.1, 0.15) is 0 Å². The average molecular weight is 387 g/mol. The van der Waals surface area contributed by atoms with Crippen LogP contribution in [-0.4, -0.2) is 11.1 Å². The van der Waals surface area contributed by atoms with Gasteiger partial charge in [0.25, 0.3) is 5.91 Å². The minimum Gasteiger partial charge on any atom is -0.300 e. The van der Waals surface area contributed by atoms with E-state index in [2.05, 4.69) is 32.3 Å². The van der Waals surface area contributed by atoms with E-state index >= 15 is 0 Å². The Bertz CT molecular complexity index is 843. The molecule has 1 N–H and O–H groups in total. The van der Waals surface area contributed by atoms with Crippen molar-refractivity contribution in [3.05, 3.63) is 68.5 Å². The SMILES string of the molecule is Cc1ccc(C)c(N=C2NC(=O)C(=Cc3cccc(Br)c3)S2)c1. The van der Waals surface area contributed by atoms with E-state index in [1.54, 1.807) is 0 Å². The first-order valence-electron chi connectivity index (χ1n) is 7.14. The first kappa shape index (κ1) is 16.0. The molecule has 2 aromatic carbocycles. The van der Waals surface area contributed by atoms with Crippen LogP contribution in [0.15, 0.2) is 56.8 Å². The van der Waals surface area contributed by atoms with E-state index in [0.29, 0.717) is 10.1 Å². The van der Waals surface area contributed by atoms with Crippen LogP contribution in [0, 0.1) is 13.8 Å². The molecule has 23 heavy (non-hydrogen) atoms. The van der Waals surface area contributed by atoms with Gasteiger partial charge in [-0.2, -0.15) is 0 Å². The summed E-state index contributed by atoms with van der Waals surface area (Å²) in [5.41, 5.74) is 4.10. The average Bonchev–Trinajstić information content (AvgIpc) is 2.83. The van der Waals surface area contributed by atoms with Gasteiger partial charge in [0.15, 0.2) is 5.17 Å². The van der Waals surface area contributed by atoms with Crippen LogP contribution < -0.4 is 5.32 Å². The number of aryl methyl sites for hydroxylation is 2. The van der Waals surface area contributed by atoms with Gasteiger partial charge in [0.05, 0.1) is 10.6 Å². The van der Waals surface area contributed by atoms with Crippen molar-refractivity contribution in [2.45, 2.75) is 13.8 Å². The van der Waals surface area contributed by atoms with E-state index in [9.17, 15) is 4.79 Å². The van der Waals surface area contributed by atoms with Crippen LogP contribution in [0.1, 0.15) is 16.7 Å². The summed E-state index contributed by atoms with van der Waals surface area (Å²) in [5, 5.41) is 3.44. The topological polar surface area (TPSA) is 41.5 Å². The number of benzene rings is 2. The van der Waals surface area contributed by atoms with Crippen molar-refractivity contribution in [3.8, 4) is 0 Å². The van der Waals surface area contributed by atoms with Gasteiger partial charge >= 0.3 is 0 Å². The Hall–Kier alpha value is -1.85. The molecule has 0 aliphatic carbocycles. The van der Waals surface area contributed by atoms with E-state index in [1.165, 1.54) is 11.8 Å². The lowest BCUT2D eigenvalue weighted by atomic mass is 10.1. The molecule has 0 atom stereocenters. The highest BCUT2D eigenvalue weighted by atomic mass is 79.9. The second kappa shape index (κ2) is 6.72. The predicted molar refractivity (Wildman–Crippen MR) is 101 cm³/mol. The maximum atomic E-state index is 12.1. The summed E-state index contributed by atoms with van der Waals surface area (Å²) in [4.78, 5) is 17.3. The zero-order valence-corrected chi connectivity index (χ0v) is 15.2. The van der Waals surface area contributed by atoms with E-state index in [1.807, 2.05) is 56.3 Å². The second-order valence-corrected chi connectivity index (χ2v) is 7.27. The first-order chi connectivity index (χ1) is 11.0. The lowest BCUT2D eigenvalue weighted by molar-refractivity contribution is -0.115. The van der Waals surface area contributed by atoms with E-state index in [4.69, 9.17) is 0 Å². The Morgan fingerprint density at radius 3 is 2.78 bits per heavy atom. The Morgan fingerprint density at radius 1 is 1.17 bits per heavy atom. The lowest BCUT2D eigenvalue weighted by Crippen LogP contribution is -2.19. The molecule has 0 aromatic heterocycles. The third kappa shape index (κ3) is 3.92. The fraction of sp³-hybridized carbons (Fsp3) is 0.111. The van der Waals surface area contributed by atoms with Crippen LogP contribution >= 0.6 is 27.7 Å². The lowest BCUT2D eigenvalue weighted by Gasteiger charge is -2.02. The third-order valence-corrected chi connectivity index (χ3v) is 4.79. The number of rotatable bonds is 2. The van der Waals surface area contributed by atoms with Gasteiger partial charge < -0.3 is 5.32 Å². The van der Waals surface area contributed by atoms with Crippen molar-refractivity contribution in [2.24, 2.45) is 4.99 Å². The van der Waals surface area contributed by atoms with Crippen molar-refractivity contribution in [3.63, 3.8) is 0 Å². The summed E-state index contributed by atoms with van der Waals surface area (Å²) in [7, 11) is 0. The Balaban J connectivity index is 1.87. The monoisotopic (exact) mass is 386 g/mol. The summed E-state index contributed by atoms with van der Waals surface area (Å²) in [5.74, 6) is -0.112. The van der Waals surface area contributed by atoms with Gasteiger partial charge in [-0.15, -0.1) is 0 Å². The molecule has 5 heteroatoms. The number of amidine groups is 1. The standard InChI is InChI=1S/C18H15BrN2OS/c1-11-6-7-12(2)15(8-11)20-18-21-17(22)16(23-18)10-13-4-3-5-14(19)9-13/h3-10H,1-2H3,(H,20,21,22). The molecule has 1 aliphatic heterocycles. The molecule has 1 heterocycles. The molecule has 1 saturated heterocycles. The molecule has 2 aromatic rings. The smallest absolute Gasteiger partial charge is 0.264 e. The Kier molecular flexibility index (Phi) is 4.68. The molecular formula is C18H15BrN2OS. The van der Waals surface area contributed by atoms with E-state index in [-0.39, 0.29) is 5.91 Å². The zero-order valence-electron chi connectivity index (χ0n) is 12.8. The Labute approximate surface area is 148 Å². The predicted octanol–water partition coefficient (Wildman–Crippen LogP) is 4.96. The number of carbonyl (C=O) groups excluding carboxylic acids is 1. The Morgan fingerprint density at radius 2 is 2.00 bits per heavy atom. The maximum absolute atomic E-state index is 12.1. The first-order valence-corrected chi connectivity index (χ1v) is 8.74. The summed E-state index contributed by atoms with van der Waals surface area (Å²) in [6, 6.07) is 13.9. The molecule has 0 bridgehead atoms. The number of hydrogen-bond acceptors (Lipinski definition) is 3. The van der Waals surface area contributed by atoms with Crippen LogP contribution in [0.3, 0.4) is 0 Å². The summed E-state index contributed by atoms with van der Waals surface area (Å²) in [6.07, 6.45) is 1.87. The van der Waals surface area contributed by atoms with Crippen molar-refractivity contribution in [2.75, 3.05) is 0 Å². The molecule has 3 rings (SSSR count). The number of thioether (sulfide) groups is 1. The molecule has 0 radical (unpaired) electrons. The van der Waals surface area contributed by atoms with Gasteiger partial charge in [0, 0.05) is 4.47 Å². The van der Waals surface area contributed by atoms with Gasteiger partial charge in [-0.25, -0.2) is 4.99 Å². The molecule has 0 saturated carbocycles. The largest absolute Gasteiger partial charge is 0.300 e. The number of carbonyl (C=O) groups is 1. The third-order valence-electron chi connectivity index (χ3n) is 3.38. The quantitative estimate of drug-likeness (QED) is 0.741. The normalized spacial score (nSPS) is 17.8. The highest BCUT2D eigenvalue weighted by Gasteiger charge is 2.23. The number of nitrogens with one attached hydrogen (secondary N) is 1. The molecule has 3 nitrogen and oxygen atoms in total. The minimum atomic E-state index is -0.112. The van der Waals surface area contributed by atoms with Crippen molar-refractivity contribution >= 4 is 50.5 Å². The number of hydrogen-bond donors (Lipinski definition) is 1. The summed E-state index contributed by atoms with van der Waals surface area (Å²) < 4.78 is 0.986. The maximum Gasteiger partial charge on any atom is 0.264 e. The number of halogens is 1. The fourth-order valence-corrected chi connectivity index (χ4v) is 3.43. The van der Waals surface area contributed by atoms with Crippen molar-refractivity contribution in [1.29, 1.82) is 0 Å². The molecule has 1 amide bonds. The highest BCUT2D eigenvalue weighted by molar-refractivity contribution is 9.10. The van der Waals surface area contributed by atoms with Crippen LogP contribution in [0.2, 0.25) is 0 Å². The van der Waals surface area contributed by atoms with Crippen LogP contribution in [0.25, 0.3) is 6.08 Å². The number of nitrogens with zero attached hydrogens (tertiary/aromatic N) is 1. The van der Waals surface area contributed by atoms with Gasteiger partial charge in [-0.3, -0.25) is 4.79 Å². The molecule has 1 fully saturated rings. The summed E-state index contributed by atoms with van der Waals surface area (Å²) >= 11 is 4.80. The zero-order chi connectivity index (χ0) is 16.4. The second-order valence-electron chi connectivity index (χ2n) is 5.33. The molecule has 116 valence electrons. The molecule has 0 unspecified atom stereocenters. The molecular weight excluding hydrogens is 372 g/mol. The highest BCUT2D eigenvalue weighted by Crippen LogP contribution is 2.29. The summed E-state index contributed by atoms with van der Waals surface area (Å²) in [6.45, 7) is 4.04. The van der Waals surface area contributed by atoms with Crippen molar-refractivity contribution < 1.29 is 4.79 Å². The van der Waals surface area contributed by atoms with E-state index in [0.717, 1.165) is 26.9 Å². The van der Waals surface area contributed by atoms with Crippen LogP contribution in [-0.2, 0) is 4.79 Å². The van der Waals surface area contributed by atoms with Crippen LogP contribution in [0.5, 0.6) is 0 Å². The van der Waals surface area contributed by atoms with E-state index < -0.39 is 0 Å². The minimum absolute atomic E-state index is 0.112. The van der Waals surface area contributed by atoms with Crippen LogP contribution in [0.4, 0.5) is 5.69 Å². The fourth-order valence-electron chi connectivity index (χ4n) is 2.18. The molecule has 0 spiro atoms. The number of amides is 1. The van der Waals surface area contributed by atoms with Gasteiger partial charge in [-0.1, -0.05) is 40.2 Å². The van der Waals surface area contributed by atoms with Crippen molar-refractivity contribution in [1.82, 2.24) is 5.32 Å².